The van der Waals surface area contributed by atoms with E-state index >= 15 is 0 Å². The Balaban J connectivity index is 0.991. The van der Waals surface area contributed by atoms with Gasteiger partial charge in [0.25, 0.3) is 0 Å². The quantitative estimate of drug-likeness (QED) is 0.0802. The molecule has 12 rings (SSSR count). The van der Waals surface area contributed by atoms with Gasteiger partial charge >= 0.3 is 7.32 Å². The van der Waals surface area contributed by atoms with E-state index in [-0.39, 0.29) is 19.8 Å². The van der Waals surface area contributed by atoms with E-state index in [2.05, 4.69) is 309 Å². The fourth-order valence-corrected chi connectivity index (χ4v) is 11.0. The van der Waals surface area contributed by atoms with E-state index in [1.807, 2.05) is 0 Å². The highest BCUT2D eigenvalue weighted by Crippen LogP contribution is 2.46. The molecule has 0 heterocycles. The van der Waals surface area contributed by atoms with E-state index in [4.69, 9.17) is 14.0 Å². The van der Waals surface area contributed by atoms with Gasteiger partial charge in [-0.3, -0.25) is 0 Å². The molecule has 0 aliphatic rings. The van der Waals surface area contributed by atoms with Crippen molar-refractivity contribution in [3.05, 3.63) is 326 Å². The highest BCUT2D eigenvalue weighted by atomic mass is 16.7. The summed E-state index contributed by atoms with van der Waals surface area (Å²) in [6, 6.07) is 109. The van der Waals surface area contributed by atoms with Gasteiger partial charge in [-0.25, -0.2) is 0 Å². The van der Waals surface area contributed by atoms with E-state index in [1.54, 1.807) is 0 Å². The molecule has 0 saturated heterocycles. The molecule has 12 aromatic rings. The highest BCUT2D eigenvalue weighted by molar-refractivity contribution is 6.36. The third kappa shape index (κ3) is 11.2. The van der Waals surface area contributed by atoms with Crippen LogP contribution in [0.25, 0.3) is 100 Å². The second-order valence-corrected chi connectivity index (χ2v) is 19.6. The smallest absolute Gasteiger partial charge is 0.382 e. The first-order chi connectivity index (χ1) is 39.2. The summed E-state index contributed by atoms with van der Waals surface area (Å²) in [6.07, 6.45) is 0. The van der Waals surface area contributed by atoms with Gasteiger partial charge in [0.1, 0.15) is 0 Å². The molecule has 0 N–H and O–H groups in total. The normalized spacial score (nSPS) is 11.1. The molecule has 0 amide bonds. The van der Waals surface area contributed by atoms with Crippen molar-refractivity contribution < 1.29 is 14.0 Å². The van der Waals surface area contributed by atoms with Crippen LogP contribution >= 0.6 is 0 Å². The van der Waals surface area contributed by atoms with Crippen LogP contribution in [-0.4, -0.2) is 7.32 Å². The summed E-state index contributed by atoms with van der Waals surface area (Å²) in [6.45, 7) is 0.599. The molecule has 378 valence electrons. The third-order valence-corrected chi connectivity index (χ3v) is 14.6. The van der Waals surface area contributed by atoms with Crippen molar-refractivity contribution in [2.24, 2.45) is 0 Å². The molecule has 0 unspecified atom stereocenters. The lowest BCUT2D eigenvalue weighted by Crippen LogP contribution is -2.27. The SMILES string of the molecule is c1ccc(-c2ccc(COB(OCc3ccc(-c4ccccc4)c(-c4ccccc4)c3-c3ccccc3)OCc3ccc(-c4ccccc4)c(-c4ccccc4)c3-c3ccccc3)c(-c3ccccc3)c2-c2ccccc2)cc1. The van der Waals surface area contributed by atoms with Gasteiger partial charge in [0.15, 0.2) is 0 Å². The first kappa shape index (κ1) is 50.4. The van der Waals surface area contributed by atoms with Crippen LogP contribution in [0.15, 0.2) is 309 Å². The van der Waals surface area contributed by atoms with Crippen molar-refractivity contribution in [2.75, 3.05) is 0 Å². The molecular weight excluding hydrogens is 960 g/mol. The largest absolute Gasteiger partial charge is 0.640 e. The van der Waals surface area contributed by atoms with Gasteiger partial charge in [-0.05, 0) is 117 Å². The lowest BCUT2D eigenvalue weighted by atomic mass is 9.84. The Labute approximate surface area is 464 Å². The zero-order chi connectivity index (χ0) is 53.0. The molecule has 0 bridgehead atoms. The van der Waals surface area contributed by atoms with Crippen molar-refractivity contribution in [2.45, 2.75) is 19.8 Å². The average molecular weight is 1020 g/mol. The molecule has 12 aromatic carbocycles. The van der Waals surface area contributed by atoms with Crippen molar-refractivity contribution in [3.63, 3.8) is 0 Å². The third-order valence-electron chi connectivity index (χ3n) is 14.6. The summed E-state index contributed by atoms with van der Waals surface area (Å²) in [5.41, 5.74) is 23.2. The van der Waals surface area contributed by atoms with E-state index in [1.165, 1.54) is 0 Å². The Morgan fingerprint density at radius 2 is 0.354 bits per heavy atom. The van der Waals surface area contributed by atoms with Gasteiger partial charge < -0.3 is 14.0 Å². The maximum atomic E-state index is 7.13. The monoisotopic (exact) mass is 1020 g/mol. The number of hydrogen-bond acceptors (Lipinski definition) is 3. The van der Waals surface area contributed by atoms with Crippen molar-refractivity contribution in [3.8, 4) is 100 Å². The molecule has 0 fully saturated rings. The zero-order valence-corrected chi connectivity index (χ0v) is 43.9. The van der Waals surface area contributed by atoms with E-state index < -0.39 is 7.32 Å². The first-order valence-corrected chi connectivity index (χ1v) is 27.1. The Morgan fingerprint density at radius 3 is 0.557 bits per heavy atom. The molecule has 0 aliphatic carbocycles. The Kier molecular flexibility index (Phi) is 15.5. The topological polar surface area (TPSA) is 27.7 Å². The lowest BCUT2D eigenvalue weighted by molar-refractivity contribution is 0.0770. The van der Waals surface area contributed by atoms with Crippen LogP contribution in [0.1, 0.15) is 16.7 Å². The minimum Gasteiger partial charge on any atom is -0.382 e. The molecule has 0 atom stereocenters. The number of benzene rings is 12. The van der Waals surface area contributed by atoms with E-state index in [9.17, 15) is 0 Å². The summed E-state index contributed by atoms with van der Waals surface area (Å²) in [5, 5.41) is 0. The first-order valence-electron chi connectivity index (χ1n) is 27.1. The zero-order valence-electron chi connectivity index (χ0n) is 43.9. The molecule has 0 saturated carbocycles. The van der Waals surface area contributed by atoms with Gasteiger partial charge in [0, 0.05) is 0 Å². The summed E-state index contributed by atoms with van der Waals surface area (Å²) >= 11 is 0. The van der Waals surface area contributed by atoms with Gasteiger partial charge in [0.05, 0.1) is 19.8 Å². The average Bonchev–Trinajstić information content (AvgIpc) is 3.59. The molecule has 0 radical (unpaired) electrons. The molecular formula is C75H57BO3. The van der Waals surface area contributed by atoms with Crippen molar-refractivity contribution in [1.82, 2.24) is 0 Å². The highest BCUT2D eigenvalue weighted by Gasteiger charge is 2.28. The lowest BCUT2D eigenvalue weighted by Gasteiger charge is -2.24. The number of rotatable bonds is 18. The summed E-state index contributed by atoms with van der Waals surface area (Å²) in [7, 11) is -1.10. The summed E-state index contributed by atoms with van der Waals surface area (Å²) in [5.74, 6) is 0. The van der Waals surface area contributed by atoms with Crippen molar-refractivity contribution >= 4 is 7.32 Å². The van der Waals surface area contributed by atoms with E-state index in [0.717, 1.165) is 117 Å². The van der Waals surface area contributed by atoms with Crippen LogP contribution in [-0.2, 0) is 33.8 Å². The Bertz CT molecular complexity index is 3490. The fraction of sp³-hybridized carbons (Fsp3) is 0.0400. The second-order valence-electron chi connectivity index (χ2n) is 19.6. The van der Waals surface area contributed by atoms with Crippen molar-refractivity contribution in [1.29, 1.82) is 0 Å². The maximum Gasteiger partial charge on any atom is 0.640 e. The molecule has 0 aromatic heterocycles. The van der Waals surface area contributed by atoms with Crippen LogP contribution in [0.3, 0.4) is 0 Å². The summed E-state index contributed by atoms with van der Waals surface area (Å²) < 4.78 is 21.4. The van der Waals surface area contributed by atoms with Crippen LogP contribution in [0.2, 0.25) is 0 Å². The standard InChI is InChI=1S/C75H57BO3/c1-10-28-55(29-11-1)67-49-46-64(70(58-34-16-4-17-35-58)73(67)61-40-22-7-23-41-61)52-77-76(78-53-65-47-50-68(56-30-12-2-13-31-56)74(62-42-24-8-25-43-62)71(65)59-36-18-5-19-37-59)79-54-66-48-51-69(57-32-14-3-15-33-57)75(63-44-26-9-27-45-63)72(66)60-38-20-6-21-39-60/h1-51H,52-54H2. The molecule has 4 heteroatoms. The predicted molar refractivity (Wildman–Crippen MR) is 328 cm³/mol. The summed E-state index contributed by atoms with van der Waals surface area (Å²) in [4.78, 5) is 0. The fourth-order valence-electron chi connectivity index (χ4n) is 11.0. The molecule has 0 spiro atoms. The predicted octanol–water partition coefficient (Wildman–Crippen LogP) is 19.6. The van der Waals surface area contributed by atoms with Crippen LogP contribution < -0.4 is 0 Å². The minimum atomic E-state index is -1.10. The Morgan fingerprint density at radius 1 is 0.177 bits per heavy atom. The Hall–Kier alpha value is -9.42. The maximum absolute atomic E-state index is 7.13. The van der Waals surface area contributed by atoms with Gasteiger partial charge in [-0.15, -0.1) is 0 Å². The molecule has 79 heavy (non-hydrogen) atoms. The van der Waals surface area contributed by atoms with Crippen LogP contribution in [0.4, 0.5) is 0 Å². The molecule has 3 nitrogen and oxygen atoms in total. The van der Waals surface area contributed by atoms with E-state index in [0.29, 0.717) is 0 Å². The second kappa shape index (κ2) is 24.3. The molecule has 0 aliphatic heterocycles. The van der Waals surface area contributed by atoms with Crippen LogP contribution in [0, 0.1) is 0 Å². The van der Waals surface area contributed by atoms with Crippen LogP contribution in [0.5, 0.6) is 0 Å². The van der Waals surface area contributed by atoms with Gasteiger partial charge in [-0.2, -0.15) is 0 Å². The van der Waals surface area contributed by atoms with Gasteiger partial charge in [0.2, 0.25) is 0 Å². The number of hydrogen-bond donors (Lipinski definition) is 0. The minimum absolute atomic E-state index is 0.200. The van der Waals surface area contributed by atoms with Gasteiger partial charge in [-0.1, -0.05) is 309 Å².